The summed E-state index contributed by atoms with van der Waals surface area (Å²) in [6.45, 7) is 0. The molecule has 0 atom stereocenters. The monoisotopic (exact) mass is 718 g/mol. The Morgan fingerprint density at radius 3 is 1.67 bits per heavy atom. The van der Waals surface area contributed by atoms with Crippen molar-refractivity contribution in [3.63, 3.8) is 0 Å². The highest BCUT2D eigenvalue weighted by Gasteiger charge is 2.23. The van der Waals surface area contributed by atoms with Crippen LogP contribution in [-0.4, -0.2) is 4.57 Å². The maximum Gasteiger partial charge on any atom is 0.0547 e. The van der Waals surface area contributed by atoms with Crippen LogP contribution in [0.2, 0.25) is 0 Å². The van der Waals surface area contributed by atoms with Crippen LogP contribution in [0.3, 0.4) is 0 Å². The van der Waals surface area contributed by atoms with Gasteiger partial charge in [0.05, 0.1) is 16.7 Å². The third-order valence-corrected chi connectivity index (χ3v) is 12.1. The molecule has 0 unspecified atom stereocenters. The van der Waals surface area contributed by atoms with Gasteiger partial charge in [0, 0.05) is 53.6 Å². The Balaban J connectivity index is 1.15. The van der Waals surface area contributed by atoms with Crippen LogP contribution in [-0.2, 0) is 0 Å². The highest BCUT2D eigenvalue weighted by atomic mass is 32.1. The largest absolute Gasteiger partial charge is 0.310 e. The predicted octanol–water partition coefficient (Wildman–Crippen LogP) is 15.1. The molecule has 2 aromatic heterocycles. The van der Waals surface area contributed by atoms with E-state index in [0.717, 1.165) is 22.7 Å². The van der Waals surface area contributed by atoms with Crippen molar-refractivity contribution < 1.29 is 0 Å². The lowest BCUT2D eigenvalue weighted by Gasteiger charge is -2.29. The van der Waals surface area contributed by atoms with Gasteiger partial charge in [-0.3, -0.25) is 0 Å². The summed E-state index contributed by atoms with van der Waals surface area (Å²) in [5.74, 6) is 0. The van der Waals surface area contributed by atoms with Crippen LogP contribution in [0.4, 0.5) is 17.1 Å². The Labute approximate surface area is 323 Å². The molecule has 3 heteroatoms. The van der Waals surface area contributed by atoms with E-state index in [1.165, 1.54) is 75.0 Å². The molecule has 9 aromatic carbocycles. The molecule has 0 fully saturated rings. The van der Waals surface area contributed by atoms with Crippen molar-refractivity contribution in [3.8, 4) is 27.9 Å². The molecular weight excluding hydrogens is 685 g/mol. The van der Waals surface area contributed by atoms with Crippen LogP contribution in [0.5, 0.6) is 0 Å². The van der Waals surface area contributed by atoms with E-state index in [-0.39, 0.29) is 0 Å². The molecule has 0 saturated carbocycles. The van der Waals surface area contributed by atoms with Crippen molar-refractivity contribution in [2.45, 2.75) is 0 Å². The van der Waals surface area contributed by atoms with Crippen LogP contribution in [0, 0.1) is 0 Å². The highest BCUT2D eigenvalue weighted by molar-refractivity contribution is 7.26. The van der Waals surface area contributed by atoms with E-state index >= 15 is 0 Å². The second-order valence-electron chi connectivity index (χ2n) is 14.1. The number of anilines is 3. The van der Waals surface area contributed by atoms with Crippen LogP contribution in [0.15, 0.2) is 206 Å². The fourth-order valence-corrected chi connectivity index (χ4v) is 9.56. The minimum Gasteiger partial charge on any atom is -0.310 e. The highest BCUT2D eigenvalue weighted by Crippen LogP contribution is 2.49. The number of para-hydroxylation sites is 2. The zero-order chi connectivity index (χ0) is 36.3. The van der Waals surface area contributed by atoms with Crippen molar-refractivity contribution in [1.29, 1.82) is 0 Å². The lowest BCUT2D eigenvalue weighted by atomic mass is 9.94. The number of hydrogen-bond donors (Lipinski definition) is 0. The van der Waals surface area contributed by atoms with E-state index < -0.39 is 0 Å². The molecule has 0 spiro atoms. The zero-order valence-corrected chi connectivity index (χ0v) is 30.7. The van der Waals surface area contributed by atoms with E-state index in [4.69, 9.17) is 0 Å². The first-order chi connectivity index (χ1) is 27.3. The van der Waals surface area contributed by atoms with Crippen LogP contribution >= 0.6 is 11.3 Å². The van der Waals surface area contributed by atoms with Gasteiger partial charge in [-0.25, -0.2) is 0 Å². The van der Waals surface area contributed by atoms with Crippen molar-refractivity contribution in [1.82, 2.24) is 4.57 Å². The second kappa shape index (κ2) is 12.9. The minimum atomic E-state index is 1.10. The Morgan fingerprint density at radius 2 is 0.945 bits per heavy atom. The quantitative estimate of drug-likeness (QED) is 0.166. The molecule has 11 aromatic rings. The first-order valence-corrected chi connectivity index (χ1v) is 19.6. The van der Waals surface area contributed by atoms with Crippen molar-refractivity contribution >= 4 is 81.1 Å². The van der Waals surface area contributed by atoms with Crippen LogP contribution < -0.4 is 4.90 Å². The summed E-state index contributed by atoms with van der Waals surface area (Å²) in [6, 6.07) is 75.2. The fraction of sp³-hybridized carbons (Fsp3) is 0. The van der Waals surface area contributed by atoms with E-state index in [1.807, 2.05) is 11.3 Å². The van der Waals surface area contributed by atoms with E-state index in [1.54, 1.807) is 0 Å². The van der Waals surface area contributed by atoms with Gasteiger partial charge in [-0.05, 0) is 100 Å². The number of fused-ring (bicyclic) bond motifs is 7. The van der Waals surface area contributed by atoms with Gasteiger partial charge in [0.25, 0.3) is 0 Å². The predicted molar refractivity (Wildman–Crippen MR) is 237 cm³/mol. The number of hydrogen-bond acceptors (Lipinski definition) is 2. The van der Waals surface area contributed by atoms with Crippen LogP contribution in [0.1, 0.15) is 0 Å². The summed E-state index contributed by atoms with van der Waals surface area (Å²) >= 11 is 1.87. The summed E-state index contributed by atoms with van der Waals surface area (Å²) in [5, 5.41) is 7.58. The summed E-state index contributed by atoms with van der Waals surface area (Å²) < 4.78 is 4.97. The summed E-state index contributed by atoms with van der Waals surface area (Å²) in [6.07, 6.45) is 0. The molecule has 0 aliphatic rings. The summed E-state index contributed by atoms with van der Waals surface area (Å²) in [5.41, 5.74) is 11.7. The third-order valence-electron chi connectivity index (χ3n) is 11.0. The van der Waals surface area contributed by atoms with Gasteiger partial charge in [-0.1, -0.05) is 133 Å². The molecule has 0 bridgehead atoms. The lowest BCUT2D eigenvalue weighted by Crippen LogP contribution is -2.11. The first-order valence-electron chi connectivity index (χ1n) is 18.8. The smallest absolute Gasteiger partial charge is 0.0547 e. The Morgan fingerprint density at radius 1 is 0.382 bits per heavy atom. The maximum atomic E-state index is 2.45. The van der Waals surface area contributed by atoms with Crippen LogP contribution in [0.25, 0.3) is 80.7 Å². The first kappa shape index (κ1) is 31.6. The molecule has 0 aliphatic heterocycles. The fourth-order valence-electron chi connectivity index (χ4n) is 8.44. The van der Waals surface area contributed by atoms with Gasteiger partial charge in [0.15, 0.2) is 0 Å². The molecule has 11 rings (SSSR count). The molecular formula is C52H34N2S. The lowest BCUT2D eigenvalue weighted by molar-refractivity contribution is 1.17. The topological polar surface area (TPSA) is 8.17 Å². The van der Waals surface area contributed by atoms with E-state index in [9.17, 15) is 0 Å². The molecule has 0 aliphatic carbocycles. The Bertz CT molecular complexity index is 3140. The molecule has 2 nitrogen and oxygen atoms in total. The number of rotatable bonds is 6. The van der Waals surface area contributed by atoms with Crippen molar-refractivity contribution in [2.75, 3.05) is 4.90 Å². The molecule has 55 heavy (non-hydrogen) atoms. The average Bonchev–Trinajstić information content (AvgIpc) is 3.80. The zero-order valence-electron chi connectivity index (χ0n) is 29.9. The van der Waals surface area contributed by atoms with Gasteiger partial charge < -0.3 is 9.47 Å². The minimum absolute atomic E-state index is 1.10. The van der Waals surface area contributed by atoms with Crippen molar-refractivity contribution in [3.05, 3.63) is 206 Å². The van der Waals surface area contributed by atoms with E-state index in [0.29, 0.717) is 0 Å². The SMILES string of the molecule is c1ccc(-c2ccc(N(c3ccc(-n4c5ccccc5c5ccccc54)cc3)c3ccc4sc5ccccc5c4c3-c3ccc4ccccc4c3)cc2)cc1. The molecule has 0 radical (unpaired) electrons. The van der Waals surface area contributed by atoms with Gasteiger partial charge >= 0.3 is 0 Å². The molecule has 258 valence electrons. The number of thiophene rings is 1. The molecule has 0 saturated heterocycles. The Kier molecular flexibility index (Phi) is 7.39. The van der Waals surface area contributed by atoms with Gasteiger partial charge in [0.2, 0.25) is 0 Å². The van der Waals surface area contributed by atoms with Gasteiger partial charge in [0.1, 0.15) is 0 Å². The number of nitrogens with zero attached hydrogens (tertiary/aromatic N) is 2. The normalized spacial score (nSPS) is 11.6. The maximum absolute atomic E-state index is 2.45. The number of benzene rings is 9. The van der Waals surface area contributed by atoms with Crippen molar-refractivity contribution in [2.24, 2.45) is 0 Å². The average molecular weight is 719 g/mol. The standard InChI is InChI=1S/C52H34N2S/c1-2-12-35(13-3-1)37-24-26-40(27-25-37)53(41-28-30-42(31-29-41)54-46-19-9-6-16-43(46)44-17-7-10-20-47(44)54)48-32-33-50-52(45-18-8-11-21-49(45)55-50)51(48)39-23-22-36-14-4-5-15-38(36)34-39/h1-34H. The molecule has 0 N–H and O–H groups in total. The summed E-state index contributed by atoms with van der Waals surface area (Å²) in [7, 11) is 0. The third kappa shape index (κ3) is 5.24. The second-order valence-corrected chi connectivity index (χ2v) is 15.2. The Hall–Kier alpha value is -6.94. The van der Waals surface area contributed by atoms with Gasteiger partial charge in [-0.2, -0.15) is 0 Å². The number of aromatic nitrogens is 1. The van der Waals surface area contributed by atoms with Gasteiger partial charge in [-0.15, -0.1) is 11.3 Å². The summed E-state index contributed by atoms with van der Waals surface area (Å²) in [4.78, 5) is 2.45. The molecule has 0 amide bonds. The van der Waals surface area contributed by atoms with E-state index in [2.05, 4.69) is 216 Å². The molecule has 2 heterocycles.